The third-order valence-electron chi connectivity index (χ3n) is 7.20. The van der Waals surface area contributed by atoms with Gasteiger partial charge in [-0.05, 0) is 53.5 Å². The minimum absolute atomic E-state index is 0.00470. The highest BCUT2D eigenvalue weighted by Crippen LogP contribution is 2.39. The smallest absolute Gasteiger partial charge is 0.221 e. The molecule has 208 valence electrons. The first-order valence-electron chi connectivity index (χ1n) is 13.6. The Bertz CT molecular complexity index is 1800. The van der Waals surface area contributed by atoms with E-state index in [-0.39, 0.29) is 11.5 Å². The van der Waals surface area contributed by atoms with E-state index < -0.39 is 0 Å². The van der Waals surface area contributed by atoms with Crippen molar-refractivity contribution in [1.82, 2.24) is 25.0 Å². The van der Waals surface area contributed by atoms with Crippen molar-refractivity contribution in [1.29, 1.82) is 5.26 Å². The van der Waals surface area contributed by atoms with Gasteiger partial charge < -0.3 is 15.4 Å². The van der Waals surface area contributed by atoms with Gasteiger partial charge in [-0.3, -0.25) is 4.98 Å². The van der Waals surface area contributed by atoms with E-state index in [1.54, 1.807) is 19.5 Å². The molecule has 10 heteroatoms. The van der Waals surface area contributed by atoms with Crippen LogP contribution >= 0.6 is 11.6 Å². The van der Waals surface area contributed by atoms with Gasteiger partial charge in [0.25, 0.3) is 0 Å². The number of anilines is 2. The number of halogens is 1. The van der Waals surface area contributed by atoms with Gasteiger partial charge in [0, 0.05) is 35.4 Å². The lowest BCUT2D eigenvalue weighted by Gasteiger charge is -2.23. The molecule has 2 aromatic carbocycles. The van der Waals surface area contributed by atoms with E-state index in [9.17, 15) is 5.26 Å². The predicted octanol–water partition coefficient (Wildman–Crippen LogP) is 6.90. The highest BCUT2D eigenvalue weighted by Gasteiger charge is 2.28. The van der Waals surface area contributed by atoms with Crippen molar-refractivity contribution in [3.05, 3.63) is 76.8 Å². The molecule has 3 heterocycles. The van der Waals surface area contributed by atoms with Crippen LogP contribution in [-0.4, -0.2) is 38.6 Å². The molecular weight excluding hydrogens is 536 g/mol. The molecule has 0 spiro atoms. The maximum Gasteiger partial charge on any atom is 0.221 e. The molecule has 1 atom stereocenters. The summed E-state index contributed by atoms with van der Waals surface area (Å²) < 4.78 is 7.50. The summed E-state index contributed by atoms with van der Waals surface area (Å²) in [6.07, 6.45) is 7.55. The summed E-state index contributed by atoms with van der Waals surface area (Å²) in [6, 6.07) is 14.2. The monoisotopic (exact) mass is 566 g/mol. The molecule has 41 heavy (non-hydrogen) atoms. The van der Waals surface area contributed by atoms with Gasteiger partial charge in [0.2, 0.25) is 5.88 Å². The first kappa shape index (κ1) is 26.8. The fourth-order valence-electron chi connectivity index (χ4n) is 5.01. The van der Waals surface area contributed by atoms with Crippen molar-refractivity contribution in [3.8, 4) is 11.9 Å². The molecule has 0 saturated heterocycles. The van der Waals surface area contributed by atoms with Gasteiger partial charge in [0.15, 0.2) is 0 Å². The highest BCUT2D eigenvalue weighted by atomic mass is 35.5. The molecule has 0 bridgehead atoms. The first-order chi connectivity index (χ1) is 19.8. The van der Waals surface area contributed by atoms with Gasteiger partial charge in [-0.15, -0.1) is 5.10 Å². The van der Waals surface area contributed by atoms with E-state index in [4.69, 9.17) is 16.3 Å². The molecule has 6 rings (SSSR count). The van der Waals surface area contributed by atoms with Crippen LogP contribution in [0.3, 0.4) is 0 Å². The largest absolute Gasteiger partial charge is 0.481 e. The van der Waals surface area contributed by atoms with E-state index in [1.807, 2.05) is 41.2 Å². The SMILES string of the molecule is COc1nccc2c([C@H](Nc3cc(Cl)c4ncc(C#N)c(NCC(C)(C)C)c4c3)c3cn(C4CC4)nn3)cccc12. The minimum atomic E-state index is -0.357. The highest BCUT2D eigenvalue weighted by molar-refractivity contribution is 6.35. The van der Waals surface area contributed by atoms with E-state index >= 15 is 0 Å². The third kappa shape index (κ3) is 5.35. The Hall–Kier alpha value is -4.42. The number of nitriles is 1. The van der Waals surface area contributed by atoms with Gasteiger partial charge >= 0.3 is 0 Å². The quantitative estimate of drug-likeness (QED) is 0.208. The van der Waals surface area contributed by atoms with Crippen LogP contribution in [0.25, 0.3) is 21.7 Å². The standard InChI is InChI=1S/C31H31ClN8O/c1-31(2,3)17-36-27-18(14-33)15-35-28-24(27)12-19(13-25(28)32)37-29(26-16-40(39-38-26)20-8-9-20)22-6-5-7-23-21(22)10-11-34-30(23)41-4/h5-7,10-13,15-16,20,29,37H,8-9,17H2,1-4H3,(H,35,36)/t29-/m0/s1. The van der Waals surface area contributed by atoms with Crippen molar-refractivity contribution in [2.75, 3.05) is 24.3 Å². The van der Waals surface area contributed by atoms with Crippen LogP contribution in [0.4, 0.5) is 11.4 Å². The van der Waals surface area contributed by atoms with Crippen molar-refractivity contribution in [2.24, 2.45) is 5.41 Å². The second-order valence-electron chi connectivity index (χ2n) is 11.6. The van der Waals surface area contributed by atoms with Crippen LogP contribution in [0, 0.1) is 16.7 Å². The summed E-state index contributed by atoms with van der Waals surface area (Å²) >= 11 is 6.81. The molecule has 1 aliphatic carbocycles. The molecule has 0 radical (unpaired) electrons. The molecule has 9 nitrogen and oxygen atoms in total. The number of nitrogens with one attached hydrogen (secondary N) is 2. The number of pyridine rings is 2. The second-order valence-corrected chi connectivity index (χ2v) is 12.0. The number of hydrogen-bond acceptors (Lipinski definition) is 8. The summed E-state index contributed by atoms with van der Waals surface area (Å²) in [6.45, 7) is 7.10. The zero-order chi connectivity index (χ0) is 28.7. The number of benzene rings is 2. The normalized spacial score (nSPS) is 14.1. The zero-order valence-electron chi connectivity index (χ0n) is 23.4. The summed E-state index contributed by atoms with van der Waals surface area (Å²) in [4.78, 5) is 8.91. The Morgan fingerprint density at radius 3 is 2.71 bits per heavy atom. The molecule has 1 aliphatic rings. The first-order valence-corrected chi connectivity index (χ1v) is 14.0. The van der Waals surface area contributed by atoms with Crippen LogP contribution in [-0.2, 0) is 0 Å². The van der Waals surface area contributed by atoms with Crippen molar-refractivity contribution in [3.63, 3.8) is 0 Å². The molecular formula is C31H31ClN8O. The average Bonchev–Trinajstić information content (AvgIpc) is 3.70. The van der Waals surface area contributed by atoms with Crippen LogP contribution in [0.1, 0.15) is 62.5 Å². The summed E-state index contributed by atoms with van der Waals surface area (Å²) in [5.41, 5.74) is 4.36. The Kier molecular flexibility index (Phi) is 6.88. The van der Waals surface area contributed by atoms with Gasteiger partial charge in [-0.1, -0.05) is 49.7 Å². The topological polar surface area (TPSA) is 114 Å². The molecule has 0 amide bonds. The van der Waals surface area contributed by atoms with E-state index in [0.717, 1.165) is 51.6 Å². The molecule has 3 aromatic heterocycles. The van der Waals surface area contributed by atoms with Crippen molar-refractivity contribution < 1.29 is 4.74 Å². The fraction of sp³-hybridized carbons (Fsp3) is 0.323. The molecule has 0 aliphatic heterocycles. The van der Waals surface area contributed by atoms with Crippen LogP contribution in [0.2, 0.25) is 5.02 Å². The van der Waals surface area contributed by atoms with Gasteiger partial charge in [0.1, 0.15) is 11.8 Å². The predicted molar refractivity (Wildman–Crippen MR) is 161 cm³/mol. The lowest BCUT2D eigenvalue weighted by molar-refractivity contribution is 0.403. The molecule has 1 fully saturated rings. The Balaban J connectivity index is 1.49. The molecule has 2 N–H and O–H groups in total. The fourth-order valence-corrected chi connectivity index (χ4v) is 5.28. The van der Waals surface area contributed by atoms with Gasteiger partial charge in [-0.25, -0.2) is 9.67 Å². The van der Waals surface area contributed by atoms with Crippen LogP contribution in [0.15, 0.2) is 55.0 Å². The van der Waals surface area contributed by atoms with Crippen molar-refractivity contribution >= 4 is 44.7 Å². The Morgan fingerprint density at radius 1 is 1.15 bits per heavy atom. The van der Waals surface area contributed by atoms with Crippen molar-refractivity contribution in [2.45, 2.75) is 45.7 Å². The summed E-state index contributed by atoms with van der Waals surface area (Å²) in [5.74, 6) is 0.558. The van der Waals surface area contributed by atoms with E-state index in [0.29, 0.717) is 34.6 Å². The summed E-state index contributed by atoms with van der Waals surface area (Å²) in [5, 5.41) is 29.2. The lowest BCUT2D eigenvalue weighted by Crippen LogP contribution is -2.20. The zero-order valence-corrected chi connectivity index (χ0v) is 24.2. The van der Waals surface area contributed by atoms with E-state index in [2.05, 4.69) is 63.8 Å². The maximum atomic E-state index is 9.87. The van der Waals surface area contributed by atoms with Gasteiger partial charge in [-0.2, -0.15) is 5.26 Å². The average molecular weight is 567 g/mol. The Labute approximate surface area is 243 Å². The minimum Gasteiger partial charge on any atom is -0.481 e. The maximum absolute atomic E-state index is 9.87. The third-order valence-corrected chi connectivity index (χ3v) is 7.49. The summed E-state index contributed by atoms with van der Waals surface area (Å²) in [7, 11) is 1.62. The number of methoxy groups -OCH3 is 1. The number of aromatic nitrogens is 5. The van der Waals surface area contributed by atoms with Gasteiger partial charge in [0.05, 0.1) is 47.2 Å². The Morgan fingerprint density at radius 2 is 1.98 bits per heavy atom. The lowest BCUT2D eigenvalue weighted by atomic mass is 9.96. The number of ether oxygens (including phenoxy) is 1. The van der Waals surface area contributed by atoms with Crippen LogP contribution < -0.4 is 15.4 Å². The van der Waals surface area contributed by atoms with Crippen LogP contribution in [0.5, 0.6) is 5.88 Å². The second kappa shape index (κ2) is 10.5. The number of nitrogens with zero attached hydrogens (tertiary/aromatic N) is 6. The molecule has 1 saturated carbocycles. The number of fused-ring (bicyclic) bond motifs is 2. The number of hydrogen-bond donors (Lipinski definition) is 2. The van der Waals surface area contributed by atoms with E-state index in [1.165, 1.54) is 0 Å². The molecule has 0 unspecified atom stereocenters. The number of rotatable bonds is 8. The molecule has 5 aromatic rings.